The van der Waals surface area contributed by atoms with Crippen molar-refractivity contribution in [3.63, 3.8) is 0 Å². The highest BCUT2D eigenvalue weighted by Gasteiger charge is 2.24. The van der Waals surface area contributed by atoms with Gasteiger partial charge in [-0.3, -0.25) is 32.0 Å². The third-order valence-electron chi connectivity index (χ3n) is 4.76. The zero-order chi connectivity index (χ0) is 21.4. The van der Waals surface area contributed by atoms with Gasteiger partial charge < -0.3 is 13.6 Å². The molecule has 0 bridgehead atoms. The monoisotopic (exact) mass is 411 g/mol. The Morgan fingerprint density at radius 2 is 0.867 bits per heavy atom. The summed E-state index contributed by atoms with van der Waals surface area (Å²) in [4.78, 5) is 0. The number of nitrogens with one attached hydrogen (secondary N) is 3. The third kappa shape index (κ3) is 3.02. The molecule has 0 saturated carbocycles. The second-order valence-electron chi connectivity index (χ2n) is 6.50. The standard InChI is InChI=1S/C18H21N9O3/c1-4-25-13(16(19)28-22-25)10-7-11(14-17(20)29-23-26(14)5-2)9-12(8-10)15-18(21)30-24-27(15)6-3/h7-9,19-21H,4-6H2,1-3H3. The fraction of sp³-hybridized carbons (Fsp3) is 0.333. The molecular formula is C18H21N9O3. The van der Waals surface area contributed by atoms with Gasteiger partial charge in [0.2, 0.25) is 0 Å². The van der Waals surface area contributed by atoms with Crippen LogP contribution < -0.4 is 46.5 Å². The smallest absolute Gasteiger partial charge is 0.273 e. The van der Waals surface area contributed by atoms with Crippen molar-refractivity contribution in [3.8, 4) is 33.8 Å². The highest BCUT2D eigenvalue weighted by atomic mass is 16.5. The van der Waals surface area contributed by atoms with E-state index in [1.807, 2.05) is 39.0 Å². The van der Waals surface area contributed by atoms with Crippen molar-refractivity contribution in [1.29, 1.82) is 16.2 Å². The first-order valence-corrected chi connectivity index (χ1v) is 9.48. The predicted molar refractivity (Wildman–Crippen MR) is 94.7 cm³/mol. The number of rotatable bonds is 6. The van der Waals surface area contributed by atoms with E-state index in [4.69, 9.17) is 29.8 Å². The second kappa shape index (κ2) is 7.46. The second-order valence-corrected chi connectivity index (χ2v) is 6.50. The van der Waals surface area contributed by atoms with Crippen LogP contribution in [0.3, 0.4) is 0 Å². The normalized spacial score (nSPS) is 11.3. The minimum atomic E-state index is -0.0838. The molecule has 0 saturated heterocycles. The van der Waals surface area contributed by atoms with Crippen molar-refractivity contribution in [2.45, 2.75) is 40.4 Å². The maximum atomic E-state index is 8.17. The SMILES string of the molecule is CC[n+]1[n-]oc(=N)c1-c1cc(-c2c(=N)o[n-][n+]2CC)cc(-c2c(=N)o[n-][n+]2CC)c1. The van der Waals surface area contributed by atoms with Crippen molar-refractivity contribution in [3.05, 3.63) is 34.9 Å². The number of hydrogen-bond donors (Lipinski definition) is 3. The Morgan fingerprint density at radius 1 is 0.600 bits per heavy atom. The van der Waals surface area contributed by atoms with Gasteiger partial charge in [-0.05, 0) is 39.0 Å². The van der Waals surface area contributed by atoms with E-state index in [0.29, 0.717) is 53.4 Å². The molecule has 0 aliphatic heterocycles. The third-order valence-corrected chi connectivity index (χ3v) is 4.76. The van der Waals surface area contributed by atoms with E-state index in [-0.39, 0.29) is 16.7 Å². The Kier molecular flexibility index (Phi) is 4.82. The summed E-state index contributed by atoms with van der Waals surface area (Å²) in [6.45, 7) is 7.22. The van der Waals surface area contributed by atoms with E-state index in [0.717, 1.165) is 0 Å². The van der Waals surface area contributed by atoms with E-state index in [1.54, 1.807) is 14.0 Å². The molecule has 0 fully saturated rings. The lowest BCUT2D eigenvalue weighted by molar-refractivity contribution is -0.755. The van der Waals surface area contributed by atoms with E-state index in [2.05, 4.69) is 15.8 Å². The quantitative estimate of drug-likeness (QED) is 0.334. The van der Waals surface area contributed by atoms with E-state index < -0.39 is 0 Å². The average molecular weight is 411 g/mol. The molecule has 0 spiro atoms. The molecule has 4 aromatic rings. The molecule has 0 atom stereocenters. The van der Waals surface area contributed by atoms with Gasteiger partial charge in [0.15, 0.2) is 0 Å². The molecule has 12 nitrogen and oxygen atoms in total. The Labute approximate surface area is 169 Å². The molecule has 30 heavy (non-hydrogen) atoms. The summed E-state index contributed by atoms with van der Waals surface area (Å²) < 4.78 is 20.0. The van der Waals surface area contributed by atoms with Gasteiger partial charge in [0.05, 0.1) is 16.7 Å². The molecule has 0 unspecified atom stereocenters. The van der Waals surface area contributed by atoms with Gasteiger partial charge in [-0.1, -0.05) is 0 Å². The zero-order valence-corrected chi connectivity index (χ0v) is 16.8. The minimum Gasteiger partial charge on any atom is -0.487 e. The summed E-state index contributed by atoms with van der Waals surface area (Å²) >= 11 is 0. The summed E-state index contributed by atoms with van der Waals surface area (Å²) in [5.41, 5.74) is 3.12. The number of aromatic nitrogens is 6. The first-order valence-electron chi connectivity index (χ1n) is 9.48. The van der Waals surface area contributed by atoms with Gasteiger partial charge in [-0.25, -0.2) is 14.0 Å². The van der Waals surface area contributed by atoms with E-state index in [1.165, 1.54) is 0 Å². The predicted octanol–water partition coefficient (Wildman–Crippen LogP) is -1.30. The molecule has 12 heteroatoms. The number of nitrogens with zero attached hydrogens (tertiary/aromatic N) is 6. The highest BCUT2D eigenvalue weighted by Crippen LogP contribution is 2.26. The summed E-state index contributed by atoms with van der Waals surface area (Å²) in [6.07, 6.45) is 0. The van der Waals surface area contributed by atoms with Crippen LogP contribution in [-0.2, 0) is 19.6 Å². The molecule has 156 valence electrons. The van der Waals surface area contributed by atoms with Crippen LogP contribution in [0.5, 0.6) is 0 Å². The Hall–Kier alpha value is -3.96. The van der Waals surface area contributed by atoms with Crippen molar-refractivity contribution in [1.82, 2.24) is 15.8 Å². The van der Waals surface area contributed by atoms with Crippen LogP contribution in [0.1, 0.15) is 20.8 Å². The molecule has 0 aliphatic carbocycles. The lowest BCUT2D eigenvalue weighted by Crippen LogP contribution is -2.40. The molecule has 0 aliphatic rings. The van der Waals surface area contributed by atoms with Crippen LogP contribution >= 0.6 is 0 Å². The van der Waals surface area contributed by atoms with Gasteiger partial charge in [0, 0.05) is 0 Å². The zero-order valence-electron chi connectivity index (χ0n) is 16.8. The summed E-state index contributed by atoms with van der Waals surface area (Å²) in [7, 11) is 0. The largest absolute Gasteiger partial charge is 0.487 e. The van der Waals surface area contributed by atoms with Crippen LogP contribution in [-0.4, -0.2) is 0 Å². The molecule has 3 heterocycles. The minimum absolute atomic E-state index is 0.0838. The maximum absolute atomic E-state index is 8.17. The fourth-order valence-electron chi connectivity index (χ4n) is 3.40. The lowest BCUT2D eigenvalue weighted by Gasteiger charge is -2.06. The van der Waals surface area contributed by atoms with Gasteiger partial charge >= 0.3 is 0 Å². The fourth-order valence-corrected chi connectivity index (χ4v) is 3.40. The molecule has 1 aromatic carbocycles. The molecule has 3 N–H and O–H groups in total. The van der Waals surface area contributed by atoms with Crippen LogP contribution in [0.25, 0.3) is 33.8 Å². The van der Waals surface area contributed by atoms with Gasteiger partial charge in [0.25, 0.3) is 33.7 Å². The Bertz CT molecular complexity index is 1200. The first kappa shape index (κ1) is 19.4. The van der Waals surface area contributed by atoms with Gasteiger partial charge in [-0.2, -0.15) is 0 Å². The summed E-state index contributed by atoms with van der Waals surface area (Å²) in [5.74, 6) is 0. The molecule has 0 radical (unpaired) electrons. The summed E-state index contributed by atoms with van der Waals surface area (Å²) in [5, 5.41) is 36.2. The van der Waals surface area contributed by atoms with Crippen LogP contribution in [0.4, 0.5) is 0 Å². The summed E-state index contributed by atoms with van der Waals surface area (Å²) in [6, 6.07) is 5.47. The van der Waals surface area contributed by atoms with Crippen molar-refractivity contribution >= 4 is 0 Å². The van der Waals surface area contributed by atoms with Gasteiger partial charge in [-0.15, -0.1) is 0 Å². The average Bonchev–Trinajstić information content (AvgIpc) is 3.43. The molecule has 0 amide bonds. The van der Waals surface area contributed by atoms with Gasteiger partial charge in [0.1, 0.15) is 19.6 Å². The Morgan fingerprint density at radius 3 is 1.10 bits per heavy atom. The molecule has 4 rings (SSSR count). The number of hydrogen-bond acceptors (Lipinski definition) is 6. The lowest BCUT2D eigenvalue weighted by atomic mass is 10.00. The number of aryl methyl sites for hydroxylation is 3. The van der Waals surface area contributed by atoms with E-state index >= 15 is 0 Å². The topological polar surface area (TPSA) is 165 Å². The Balaban J connectivity index is 2.07. The van der Waals surface area contributed by atoms with E-state index in [9.17, 15) is 0 Å². The first-order chi connectivity index (χ1) is 14.5. The number of benzene rings is 1. The van der Waals surface area contributed by atoms with Crippen LogP contribution in [0.2, 0.25) is 0 Å². The highest BCUT2D eigenvalue weighted by molar-refractivity contribution is 5.74. The van der Waals surface area contributed by atoms with Crippen LogP contribution in [0.15, 0.2) is 31.8 Å². The van der Waals surface area contributed by atoms with Crippen LogP contribution in [0, 0.1) is 16.2 Å². The molecular weight excluding hydrogens is 390 g/mol. The molecule has 3 aromatic heterocycles. The van der Waals surface area contributed by atoms with Crippen molar-refractivity contribution in [2.24, 2.45) is 0 Å². The van der Waals surface area contributed by atoms with Crippen molar-refractivity contribution < 1.29 is 27.6 Å². The van der Waals surface area contributed by atoms with Crippen molar-refractivity contribution in [2.75, 3.05) is 0 Å². The maximum Gasteiger partial charge on any atom is 0.273 e.